The van der Waals surface area contributed by atoms with Crippen LogP contribution in [-0.4, -0.2) is 12.4 Å². The van der Waals surface area contributed by atoms with Gasteiger partial charge in [0.1, 0.15) is 5.78 Å². The normalized spacial score (nSPS) is 21.7. The van der Waals surface area contributed by atoms with Gasteiger partial charge in [0.05, 0.1) is 12.7 Å². The summed E-state index contributed by atoms with van der Waals surface area (Å²) in [6.45, 7) is 0.548. The van der Waals surface area contributed by atoms with Crippen LogP contribution in [-0.2, 0) is 9.53 Å². The molecule has 4 heteroatoms. The Morgan fingerprint density at radius 1 is 1.47 bits per heavy atom. The van der Waals surface area contributed by atoms with Crippen LogP contribution in [0.5, 0.6) is 0 Å². The van der Waals surface area contributed by atoms with E-state index < -0.39 is 0 Å². The van der Waals surface area contributed by atoms with Crippen LogP contribution in [0.2, 0.25) is 0 Å². The van der Waals surface area contributed by atoms with Gasteiger partial charge in [0, 0.05) is 20.9 Å². The first kappa shape index (κ1) is 11.5. The minimum atomic E-state index is -0.0596. The summed E-state index contributed by atoms with van der Waals surface area (Å²) >= 11 is 5.71. The van der Waals surface area contributed by atoms with Gasteiger partial charge in [-0.1, -0.05) is 15.9 Å². The van der Waals surface area contributed by atoms with E-state index in [2.05, 4.69) is 38.5 Å². The highest BCUT2D eigenvalue weighted by atomic mass is 127. The Labute approximate surface area is 111 Å². The fraction of sp³-hybridized carbons (Fsp3) is 0.364. The lowest BCUT2D eigenvalue weighted by Gasteiger charge is -2.23. The number of carbonyl (C=O) groups excluding carboxylic acids is 1. The molecule has 0 aromatic heterocycles. The van der Waals surface area contributed by atoms with E-state index in [1.54, 1.807) is 0 Å². The second kappa shape index (κ2) is 4.93. The standard InChI is InChI=1S/C11H10BrIO2/c12-7-1-2-10(13)9(5-7)11-6-8(14)3-4-15-11/h1-2,5,11H,3-4,6H2. The van der Waals surface area contributed by atoms with Crippen molar-refractivity contribution in [3.63, 3.8) is 0 Å². The number of hydrogen-bond donors (Lipinski definition) is 0. The van der Waals surface area contributed by atoms with Crippen LogP contribution in [0, 0.1) is 3.57 Å². The average Bonchev–Trinajstić information content (AvgIpc) is 2.22. The van der Waals surface area contributed by atoms with E-state index in [9.17, 15) is 4.79 Å². The molecule has 0 spiro atoms. The molecule has 2 rings (SSSR count). The summed E-state index contributed by atoms with van der Waals surface area (Å²) < 4.78 is 7.80. The molecule has 0 radical (unpaired) electrons. The van der Waals surface area contributed by atoms with Gasteiger partial charge in [0.25, 0.3) is 0 Å². The highest BCUT2D eigenvalue weighted by Crippen LogP contribution is 2.31. The Bertz CT molecular complexity index is 392. The lowest BCUT2D eigenvalue weighted by molar-refractivity contribution is -0.128. The molecule has 80 valence electrons. The number of ether oxygens (including phenoxy) is 1. The molecule has 1 fully saturated rings. The Morgan fingerprint density at radius 3 is 3.00 bits per heavy atom. The molecule has 1 unspecified atom stereocenters. The number of carbonyl (C=O) groups is 1. The lowest BCUT2D eigenvalue weighted by Crippen LogP contribution is -2.20. The maximum Gasteiger partial charge on any atom is 0.138 e. The maximum absolute atomic E-state index is 11.3. The summed E-state index contributed by atoms with van der Waals surface area (Å²) in [5.41, 5.74) is 1.11. The number of rotatable bonds is 1. The van der Waals surface area contributed by atoms with Crippen LogP contribution in [0.1, 0.15) is 24.5 Å². The molecule has 0 amide bonds. The third kappa shape index (κ3) is 2.79. The van der Waals surface area contributed by atoms with Crippen molar-refractivity contribution < 1.29 is 9.53 Å². The molecule has 0 N–H and O–H groups in total. The second-order valence-corrected chi connectivity index (χ2v) is 5.60. The maximum atomic E-state index is 11.3. The minimum Gasteiger partial charge on any atom is -0.373 e. The monoisotopic (exact) mass is 380 g/mol. The number of Topliss-reactive ketones (excluding diaryl/α,β-unsaturated/α-hetero) is 1. The van der Waals surface area contributed by atoms with Gasteiger partial charge in [-0.25, -0.2) is 0 Å². The van der Waals surface area contributed by atoms with Crippen LogP contribution >= 0.6 is 38.5 Å². The zero-order valence-corrected chi connectivity index (χ0v) is 11.7. The van der Waals surface area contributed by atoms with Crippen molar-refractivity contribution in [2.45, 2.75) is 18.9 Å². The van der Waals surface area contributed by atoms with Gasteiger partial charge in [-0.15, -0.1) is 0 Å². The van der Waals surface area contributed by atoms with Crippen molar-refractivity contribution in [3.8, 4) is 0 Å². The van der Waals surface area contributed by atoms with Crippen molar-refractivity contribution in [2.75, 3.05) is 6.61 Å². The summed E-state index contributed by atoms with van der Waals surface area (Å²) in [4.78, 5) is 11.3. The zero-order chi connectivity index (χ0) is 10.8. The fourth-order valence-electron chi connectivity index (χ4n) is 1.64. The van der Waals surface area contributed by atoms with Crippen molar-refractivity contribution in [2.24, 2.45) is 0 Å². The van der Waals surface area contributed by atoms with Gasteiger partial charge < -0.3 is 4.74 Å². The number of benzene rings is 1. The van der Waals surface area contributed by atoms with Crippen molar-refractivity contribution in [1.82, 2.24) is 0 Å². The smallest absolute Gasteiger partial charge is 0.138 e. The molecule has 1 aromatic rings. The van der Waals surface area contributed by atoms with E-state index in [0.717, 1.165) is 13.6 Å². The molecule has 1 atom stereocenters. The van der Waals surface area contributed by atoms with Crippen molar-refractivity contribution in [1.29, 1.82) is 0 Å². The Kier molecular flexibility index (Phi) is 3.79. The largest absolute Gasteiger partial charge is 0.373 e. The van der Waals surface area contributed by atoms with Gasteiger partial charge in [-0.3, -0.25) is 4.79 Å². The average molecular weight is 381 g/mol. The molecule has 1 saturated heterocycles. The summed E-state index contributed by atoms with van der Waals surface area (Å²) in [7, 11) is 0. The minimum absolute atomic E-state index is 0.0596. The number of ketones is 1. The summed E-state index contributed by atoms with van der Waals surface area (Å²) in [6.07, 6.45) is 1.00. The molecule has 0 bridgehead atoms. The SMILES string of the molecule is O=C1CCOC(c2cc(Br)ccc2I)C1. The second-order valence-electron chi connectivity index (χ2n) is 3.52. The van der Waals surface area contributed by atoms with Crippen molar-refractivity contribution >= 4 is 44.3 Å². The summed E-state index contributed by atoms with van der Waals surface area (Å²) in [5.74, 6) is 0.294. The summed E-state index contributed by atoms with van der Waals surface area (Å²) in [5, 5.41) is 0. The van der Waals surface area contributed by atoms with Gasteiger partial charge in [-0.2, -0.15) is 0 Å². The first-order valence-electron chi connectivity index (χ1n) is 4.75. The molecule has 1 aromatic carbocycles. The predicted molar refractivity (Wildman–Crippen MR) is 69.8 cm³/mol. The van der Waals surface area contributed by atoms with Crippen LogP contribution in [0.15, 0.2) is 22.7 Å². The molecule has 1 aliphatic rings. The molecular weight excluding hydrogens is 371 g/mol. The van der Waals surface area contributed by atoms with E-state index in [1.807, 2.05) is 18.2 Å². The molecule has 1 aliphatic heterocycles. The first-order valence-corrected chi connectivity index (χ1v) is 6.62. The Morgan fingerprint density at radius 2 is 2.27 bits per heavy atom. The van der Waals surface area contributed by atoms with E-state index in [4.69, 9.17) is 4.74 Å². The molecule has 1 heterocycles. The molecular formula is C11H10BrIO2. The molecule has 2 nitrogen and oxygen atoms in total. The third-order valence-corrected chi connectivity index (χ3v) is 3.89. The van der Waals surface area contributed by atoms with Crippen LogP contribution < -0.4 is 0 Å². The highest BCUT2D eigenvalue weighted by Gasteiger charge is 2.23. The molecule has 15 heavy (non-hydrogen) atoms. The predicted octanol–water partition coefficient (Wildman–Crippen LogP) is 3.47. The topological polar surface area (TPSA) is 26.3 Å². The van der Waals surface area contributed by atoms with E-state index in [1.165, 1.54) is 0 Å². The van der Waals surface area contributed by atoms with Gasteiger partial charge in [0.15, 0.2) is 0 Å². The first-order chi connectivity index (χ1) is 7.16. The number of hydrogen-bond acceptors (Lipinski definition) is 2. The van der Waals surface area contributed by atoms with Crippen LogP contribution in [0.3, 0.4) is 0 Å². The summed E-state index contributed by atoms with van der Waals surface area (Å²) in [6, 6.07) is 6.06. The molecule has 0 aliphatic carbocycles. The van der Waals surface area contributed by atoms with E-state index in [-0.39, 0.29) is 6.10 Å². The lowest BCUT2D eigenvalue weighted by atomic mass is 10.0. The highest BCUT2D eigenvalue weighted by molar-refractivity contribution is 14.1. The Balaban J connectivity index is 2.27. The fourth-order valence-corrected chi connectivity index (χ4v) is 2.71. The Hall–Kier alpha value is 0.0600. The van der Waals surface area contributed by atoms with Crippen LogP contribution in [0.4, 0.5) is 0 Å². The van der Waals surface area contributed by atoms with Gasteiger partial charge in [0.2, 0.25) is 0 Å². The van der Waals surface area contributed by atoms with Gasteiger partial charge >= 0.3 is 0 Å². The number of halogens is 2. The van der Waals surface area contributed by atoms with E-state index >= 15 is 0 Å². The van der Waals surface area contributed by atoms with Gasteiger partial charge in [-0.05, 0) is 46.4 Å². The quantitative estimate of drug-likeness (QED) is 0.697. The van der Waals surface area contributed by atoms with E-state index in [0.29, 0.717) is 25.2 Å². The third-order valence-electron chi connectivity index (χ3n) is 2.42. The van der Waals surface area contributed by atoms with Crippen molar-refractivity contribution in [3.05, 3.63) is 31.8 Å². The van der Waals surface area contributed by atoms with Crippen LogP contribution in [0.25, 0.3) is 0 Å². The zero-order valence-electron chi connectivity index (χ0n) is 8.00. The molecule has 0 saturated carbocycles.